The molecule has 0 saturated heterocycles. The summed E-state index contributed by atoms with van der Waals surface area (Å²) in [4.78, 5) is 7.06. The molecule has 0 bridgehead atoms. The van der Waals surface area contributed by atoms with Gasteiger partial charge in [0, 0.05) is 11.4 Å². The van der Waals surface area contributed by atoms with Crippen LogP contribution in [0.2, 0.25) is 0 Å². The highest BCUT2D eigenvalue weighted by atomic mass is 79.9. The maximum Gasteiger partial charge on any atom is 0.257 e. The number of sulfonamides is 1. The second-order valence-electron chi connectivity index (χ2n) is 4.75. The Labute approximate surface area is 116 Å². The van der Waals surface area contributed by atoms with Gasteiger partial charge in [-0.1, -0.05) is 28.8 Å². The molecule has 5 nitrogen and oxygen atoms in total. The zero-order valence-corrected chi connectivity index (χ0v) is 12.7. The molecule has 0 spiro atoms. The van der Waals surface area contributed by atoms with E-state index in [0.717, 1.165) is 12.8 Å². The van der Waals surface area contributed by atoms with Gasteiger partial charge in [0.25, 0.3) is 10.0 Å². The summed E-state index contributed by atoms with van der Waals surface area (Å²) in [5, 5.41) is 0.141. The van der Waals surface area contributed by atoms with E-state index in [1.807, 2.05) is 0 Å². The van der Waals surface area contributed by atoms with Crippen LogP contribution in [0.1, 0.15) is 31.5 Å². The minimum absolute atomic E-state index is 0.141. The molecular formula is C11H18BrN3O2S. The number of rotatable bonds is 4. The van der Waals surface area contributed by atoms with Crippen LogP contribution in [0, 0.1) is 12.8 Å². The van der Waals surface area contributed by atoms with Gasteiger partial charge in [0.05, 0.1) is 6.20 Å². The fourth-order valence-corrected chi connectivity index (χ4v) is 4.06. The number of nitrogens with one attached hydrogen (secondary N) is 2. The summed E-state index contributed by atoms with van der Waals surface area (Å²) >= 11 is 3.63. The minimum Gasteiger partial charge on any atom is -0.332 e. The molecule has 0 amide bonds. The number of aryl methyl sites for hydroxylation is 1. The zero-order valence-electron chi connectivity index (χ0n) is 10.3. The van der Waals surface area contributed by atoms with E-state index in [1.54, 1.807) is 6.92 Å². The molecular weight excluding hydrogens is 318 g/mol. The number of aromatic nitrogens is 2. The summed E-state index contributed by atoms with van der Waals surface area (Å²) in [6.07, 6.45) is 5.94. The quantitative estimate of drug-likeness (QED) is 0.826. The number of imidazole rings is 1. The van der Waals surface area contributed by atoms with Crippen LogP contribution in [0.25, 0.3) is 0 Å². The number of H-pyrrole nitrogens is 1. The Morgan fingerprint density at radius 3 is 2.83 bits per heavy atom. The van der Waals surface area contributed by atoms with Crippen LogP contribution in [-0.4, -0.2) is 29.8 Å². The molecule has 1 aromatic rings. The monoisotopic (exact) mass is 335 g/mol. The third-order valence-corrected chi connectivity index (χ3v) is 5.86. The molecule has 1 fully saturated rings. The molecule has 1 aliphatic rings. The molecule has 0 aliphatic heterocycles. The molecule has 1 aromatic heterocycles. The van der Waals surface area contributed by atoms with E-state index in [0.29, 0.717) is 23.1 Å². The van der Waals surface area contributed by atoms with Crippen molar-refractivity contribution in [3.05, 3.63) is 12.0 Å². The molecule has 2 unspecified atom stereocenters. The van der Waals surface area contributed by atoms with Gasteiger partial charge in [-0.2, -0.15) is 0 Å². The summed E-state index contributed by atoms with van der Waals surface area (Å²) in [6.45, 7) is 2.21. The maximum absolute atomic E-state index is 12.0. The van der Waals surface area contributed by atoms with E-state index in [2.05, 4.69) is 30.6 Å². The number of aromatic amines is 1. The molecule has 0 aromatic carbocycles. The lowest BCUT2D eigenvalue weighted by Gasteiger charge is -2.27. The first-order valence-electron chi connectivity index (χ1n) is 6.14. The topological polar surface area (TPSA) is 74.8 Å². The molecule has 0 radical (unpaired) electrons. The van der Waals surface area contributed by atoms with Crippen molar-refractivity contribution in [1.82, 2.24) is 14.7 Å². The van der Waals surface area contributed by atoms with Crippen molar-refractivity contribution in [1.29, 1.82) is 0 Å². The van der Waals surface area contributed by atoms with Gasteiger partial charge >= 0.3 is 0 Å². The Kier molecular flexibility index (Phi) is 4.45. The Balaban J connectivity index is 1.96. The van der Waals surface area contributed by atoms with Gasteiger partial charge in [-0.3, -0.25) is 0 Å². The zero-order chi connectivity index (χ0) is 13.2. The minimum atomic E-state index is -3.45. The average Bonchev–Trinajstić information content (AvgIpc) is 2.76. The van der Waals surface area contributed by atoms with Gasteiger partial charge in [0.15, 0.2) is 5.03 Å². The molecule has 1 heterocycles. The van der Waals surface area contributed by atoms with Crippen LogP contribution in [0.5, 0.6) is 0 Å². The SMILES string of the molecule is Cc1ncc(S(=O)(=O)NCC2CCCCC2Br)[nH]1. The van der Waals surface area contributed by atoms with Crippen LogP contribution in [0.3, 0.4) is 0 Å². The standard InChI is InChI=1S/C11H18BrN3O2S/c1-8-13-7-11(15-8)18(16,17)14-6-9-4-2-3-5-10(9)12/h7,9-10,14H,2-6H2,1H3,(H,13,15). The van der Waals surface area contributed by atoms with Crippen molar-refractivity contribution < 1.29 is 8.42 Å². The molecule has 18 heavy (non-hydrogen) atoms. The van der Waals surface area contributed by atoms with Crippen molar-refractivity contribution in [2.45, 2.75) is 42.5 Å². The summed E-state index contributed by atoms with van der Waals surface area (Å²) in [6, 6.07) is 0. The predicted octanol–water partition coefficient (Wildman–Crippen LogP) is 1.95. The first-order valence-corrected chi connectivity index (χ1v) is 8.54. The smallest absolute Gasteiger partial charge is 0.257 e. The van der Waals surface area contributed by atoms with Crippen molar-refractivity contribution in [3.8, 4) is 0 Å². The normalized spacial score (nSPS) is 25.2. The third kappa shape index (κ3) is 3.33. The number of hydrogen-bond donors (Lipinski definition) is 2. The molecule has 102 valence electrons. The maximum atomic E-state index is 12.0. The molecule has 1 saturated carbocycles. The van der Waals surface area contributed by atoms with E-state index in [1.165, 1.54) is 19.0 Å². The fraction of sp³-hybridized carbons (Fsp3) is 0.727. The number of halogens is 1. The number of alkyl halides is 1. The van der Waals surface area contributed by atoms with E-state index in [9.17, 15) is 8.42 Å². The molecule has 1 aliphatic carbocycles. The molecule has 2 rings (SSSR count). The molecule has 2 N–H and O–H groups in total. The van der Waals surface area contributed by atoms with Crippen molar-refractivity contribution in [2.24, 2.45) is 5.92 Å². The van der Waals surface area contributed by atoms with Gasteiger partial charge in [0.1, 0.15) is 5.82 Å². The Morgan fingerprint density at radius 1 is 1.50 bits per heavy atom. The summed E-state index contributed by atoms with van der Waals surface area (Å²) in [5.41, 5.74) is 0. The largest absolute Gasteiger partial charge is 0.332 e. The van der Waals surface area contributed by atoms with Gasteiger partial charge in [-0.15, -0.1) is 0 Å². The summed E-state index contributed by atoms with van der Waals surface area (Å²) < 4.78 is 26.7. The average molecular weight is 336 g/mol. The van der Waals surface area contributed by atoms with Crippen LogP contribution < -0.4 is 4.72 Å². The highest BCUT2D eigenvalue weighted by molar-refractivity contribution is 9.09. The first-order chi connectivity index (χ1) is 8.49. The van der Waals surface area contributed by atoms with Crippen LogP contribution >= 0.6 is 15.9 Å². The second-order valence-corrected chi connectivity index (χ2v) is 7.66. The van der Waals surface area contributed by atoms with Crippen molar-refractivity contribution >= 4 is 26.0 Å². The predicted molar refractivity (Wildman–Crippen MR) is 73.2 cm³/mol. The van der Waals surface area contributed by atoms with Crippen LogP contribution in [0.4, 0.5) is 0 Å². The highest BCUT2D eigenvalue weighted by Gasteiger charge is 2.25. The Morgan fingerprint density at radius 2 is 2.22 bits per heavy atom. The fourth-order valence-electron chi connectivity index (χ4n) is 2.22. The van der Waals surface area contributed by atoms with Crippen molar-refractivity contribution in [2.75, 3.05) is 6.54 Å². The highest BCUT2D eigenvalue weighted by Crippen LogP contribution is 2.29. The Bertz CT molecular complexity index is 500. The summed E-state index contributed by atoms with van der Waals surface area (Å²) in [7, 11) is -3.45. The van der Waals surface area contributed by atoms with Gasteiger partial charge in [-0.05, 0) is 25.7 Å². The number of hydrogen-bond acceptors (Lipinski definition) is 3. The molecule has 2 atom stereocenters. The number of nitrogens with zero attached hydrogens (tertiary/aromatic N) is 1. The lowest BCUT2D eigenvalue weighted by Crippen LogP contribution is -2.34. The van der Waals surface area contributed by atoms with E-state index in [-0.39, 0.29) is 5.03 Å². The van der Waals surface area contributed by atoms with Gasteiger partial charge < -0.3 is 4.98 Å². The first kappa shape index (κ1) is 14.0. The van der Waals surface area contributed by atoms with Crippen LogP contribution in [-0.2, 0) is 10.0 Å². The molecule has 7 heteroatoms. The van der Waals surface area contributed by atoms with Crippen molar-refractivity contribution in [3.63, 3.8) is 0 Å². The van der Waals surface area contributed by atoms with E-state index in [4.69, 9.17) is 0 Å². The lowest BCUT2D eigenvalue weighted by molar-refractivity contribution is 0.373. The van der Waals surface area contributed by atoms with Crippen LogP contribution in [0.15, 0.2) is 11.2 Å². The Hall–Kier alpha value is -0.400. The second kappa shape index (κ2) is 5.71. The van der Waals surface area contributed by atoms with Gasteiger partial charge in [-0.25, -0.2) is 18.1 Å². The van der Waals surface area contributed by atoms with E-state index < -0.39 is 10.0 Å². The van der Waals surface area contributed by atoms with E-state index >= 15 is 0 Å². The van der Waals surface area contributed by atoms with Gasteiger partial charge in [0.2, 0.25) is 0 Å². The third-order valence-electron chi connectivity index (χ3n) is 3.32. The summed E-state index contributed by atoms with van der Waals surface area (Å²) in [5.74, 6) is 0.976. The lowest BCUT2D eigenvalue weighted by atomic mass is 9.89.